The van der Waals surface area contributed by atoms with Crippen molar-refractivity contribution in [3.63, 3.8) is 0 Å². The molecule has 0 aliphatic carbocycles. The summed E-state index contributed by atoms with van der Waals surface area (Å²) in [5.74, 6) is 0. The van der Waals surface area contributed by atoms with Crippen molar-refractivity contribution in [2.24, 2.45) is 0 Å². The Kier molecular flexibility index (Phi) is 31.8. The predicted molar refractivity (Wildman–Crippen MR) is 195 cm³/mol. The molecule has 0 heterocycles. The van der Waals surface area contributed by atoms with Gasteiger partial charge in [0.15, 0.2) is 6.10 Å². The van der Waals surface area contributed by atoms with Gasteiger partial charge in [0, 0.05) is 13.1 Å². The maximum Gasteiger partial charge on any atom is 0.407 e. The maximum atomic E-state index is 12.6. The highest BCUT2D eigenvalue weighted by molar-refractivity contribution is 5.68. The Hall–Kier alpha value is -1.58. The number of hydrogen-bond donors (Lipinski definition) is 4. The van der Waals surface area contributed by atoms with E-state index in [0.29, 0.717) is 24.1 Å². The van der Waals surface area contributed by atoms with E-state index in [4.69, 9.17) is 9.47 Å². The Morgan fingerprint density at radius 1 is 0.574 bits per heavy atom. The minimum absolute atomic E-state index is 0.0762. The first-order chi connectivity index (χ1) is 22.7. The van der Waals surface area contributed by atoms with Crippen LogP contribution in [0.15, 0.2) is 0 Å². The van der Waals surface area contributed by atoms with Gasteiger partial charge < -0.3 is 34.8 Å². The van der Waals surface area contributed by atoms with Crippen molar-refractivity contribution in [2.75, 3.05) is 53.5 Å². The van der Waals surface area contributed by atoms with Crippen LogP contribution >= 0.6 is 0 Å². The molecule has 0 aromatic heterocycles. The molecule has 9 heteroatoms. The molecule has 0 bridgehead atoms. The van der Waals surface area contributed by atoms with Crippen LogP contribution in [0.4, 0.5) is 9.59 Å². The van der Waals surface area contributed by atoms with E-state index in [-0.39, 0.29) is 19.8 Å². The summed E-state index contributed by atoms with van der Waals surface area (Å²) in [4.78, 5) is 25.0. The van der Waals surface area contributed by atoms with Gasteiger partial charge in [-0.05, 0) is 12.8 Å². The average molecular weight is 673 g/mol. The van der Waals surface area contributed by atoms with Crippen molar-refractivity contribution in [3.05, 3.63) is 0 Å². The maximum absolute atomic E-state index is 12.6. The topological polar surface area (TPSA) is 117 Å². The largest absolute Gasteiger partial charge is 0.445 e. The molecule has 2 atom stereocenters. The highest BCUT2D eigenvalue weighted by Crippen LogP contribution is 2.13. The second kappa shape index (κ2) is 32.9. The minimum atomic E-state index is -0.884. The Bertz CT molecular complexity index is 709. The fraction of sp³-hybridized carbons (Fsp3) is 0.947. The third-order valence-corrected chi connectivity index (χ3v) is 8.89. The molecule has 0 radical (unpaired) electrons. The molecule has 280 valence electrons. The first kappa shape index (κ1) is 45.4. The van der Waals surface area contributed by atoms with Crippen LogP contribution in [0.2, 0.25) is 0 Å². The number of aliphatic hydroxyl groups excluding tert-OH is 2. The average Bonchev–Trinajstić information content (AvgIpc) is 3.03. The van der Waals surface area contributed by atoms with Gasteiger partial charge in [-0.25, -0.2) is 9.59 Å². The summed E-state index contributed by atoms with van der Waals surface area (Å²) in [6.45, 7) is 5.80. The van der Waals surface area contributed by atoms with Crippen molar-refractivity contribution in [1.82, 2.24) is 10.6 Å². The molecule has 2 amide bonds. The molecule has 4 N–H and O–H groups in total. The lowest BCUT2D eigenvalue weighted by Gasteiger charge is -2.34. The second-order valence-corrected chi connectivity index (χ2v) is 14.4. The molecule has 0 rings (SSSR count). The highest BCUT2D eigenvalue weighted by Gasteiger charge is 2.28. The van der Waals surface area contributed by atoms with Crippen LogP contribution in [-0.4, -0.2) is 92.6 Å². The number of aliphatic hydroxyl groups is 2. The van der Waals surface area contributed by atoms with Crippen LogP contribution in [0.25, 0.3) is 0 Å². The van der Waals surface area contributed by atoms with Crippen LogP contribution in [-0.2, 0) is 9.47 Å². The smallest absolute Gasteiger partial charge is 0.407 e. The van der Waals surface area contributed by atoms with Gasteiger partial charge in [0.05, 0.1) is 20.7 Å². The number of amides is 2. The van der Waals surface area contributed by atoms with E-state index in [1.165, 1.54) is 128 Å². The molecule has 0 spiro atoms. The number of unbranched alkanes of at least 4 members (excludes halogenated alkanes) is 22. The number of likely N-dealkylation sites (N-methyl/N-ethyl adjacent to an activating group) is 1. The van der Waals surface area contributed by atoms with Gasteiger partial charge in [0.1, 0.15) is 25.8 Å². The lowest BCUT2D eigenvalue weighted by atomic mass is 10.1. The Morgan fingerprint density at radius 2 is 0.936 bits per heavy atom. The van der Waals surface area contributed by atoms with Gasteiger partial charge in [-0.2, -0.15) is 0 Å². The molecule has 0 aromatic rings. The number of nitrogens with zero attached hydrogens (tertiary/aromatic N) is 1. The zero-order valence-electron chi connectivity index (χ0n) is 31.3. The summed E-state index contributed by atoms with van der Waals surface area (Å²) >= 11 is 0. The minimum Gasteiger partial charge on any atom is -0.445 e. The monoisotopic (exact) mass is 673 g/mol. The summed E-state index contributed by atoms with van der Waals surface area (Å²) in [5, 5.41) is 24.9. The SMILES string of the molecule is CCCCCCCCCCCCCCNC(=O)OCC(C[N+](C)(C)CC(O)CO)OC(=O)NCCCCCCCCCCCCCC. The first-order valence-electron chi connectivity index (χ1n) is 19.7. The number of carbonyl (C=O) groups is 2. The van der Waals surface area contributed by atoms with E-state index in [1.807, 2.05) is 14.1 Å². The Morgan fingerprint density at radius 3 is 1.32 bits per heavy atom. The summed E-state index contributed by atoms with van der Waals surface area (Å²) in [5.41, 5.74) is 0. The zero-order valence-corrected chi connectivity index (χ0v) is 31.3. The van der Waals surface area contributed by atoms with Crippen LogP contribution in [0.1, 0.15) is 168 Å². The number of rotatable bonds is 34. The number of ether oxygens (including phenoxy) is 2. The lowest BCUT2D eigenvalue weighted by molar-refractivity contribution is -0.896. The normalized spacial score (nSPS) is 12.9. The van der Waals surface area contributed by atoms with Crippen LogP contribution in [0.3, 0.4) is 0 Å². The van der Waals surface area contributed by atoms with Crippen LogP contribution < -0.4 is 10.6 Å². The van der Waals surface area contributed by atoms with E-state index < -0.39 is 24.4 Å². The summed E-state index contributed by atoms with van der Waals surface area (Å²) < 4.78 is 11.4. The van der Waals surface area contributed by atoms with Gasteiger partial charge in [-0.1, -0.05) is 155 Å². The second-order valence-electron chi connectivity index (χ2n) is 14.4. The number of hydrogen-bond acceptors (Lipinski definition) is 6. The fourth-order valence-electron chi connectivity index (χ4n) is 6.10. The Labute approximate surface area is 289 Å². The molecule has 9 nitrogen and oxygen atoms in total. The molecule has 0 fully saturated rings. The number of carbonyl (C=O) groups excluding carboxylic acids is 2. The van der Waals surface area contributed by atoms with Crippen LogP contribution in [0, 0.1) is 0 Å². The third kappa shape index (κ3) is 32.7. The quantitative estimate of drug-likeness (QED) is 0.0402. The molecule has 47 heavy (non-hydrogen) atoms. The molecule has 0 aliphatic rings. The summed E-state index contributed by atoms with van der Waals surface area (Å²) in [6, 6.07) is 0. The highest BCUT2D eigenvalue weighted by atomic mass is 16.6. The van der Waals surface area contributed by atoms with E-state index in [9.17, 15) is 19.8 Å². The van der Waals surface area contributed by atoms with Gasteiger partial charge in [-0.15, -0.1) is 0 Å². The van der Waals surface area contributed by atoms with Gasteiger partial charge in [0.2, 0.25) is 0 Å². The van der Waals surface area contributed by atoms with Crippen LogP contribution in [0.5, 0.6) is 0 Å². The van der Waals surface area contributed by atoms with E-state index in [2.05, 4.69) is 24.5 Å². The summed E-state index contributed by atoms with van der Waals surface area (Å²) in [7, 11) is 3.76. The van der Waals surface area contributed by atoms with Crippen molar-refractivity contribution in [2.45, 2.75) is 180 Å². The molecule has 0 aliphatic heterocycles. The van der Waals surface area contributed by atoms with Crippen molar-refractivity contribution in [1.29, 1.82) is 0 Å². The third-order valence-electron chi connectivity index (χ3n) is 8.89. The van der Waals surface area contributed by atoms with E-state index in [0.717, 1.165) is 25.7 Å². The lowest BCUT2D eigenvalue weighted by Crippen LogP contribution is -2.52. The van der Waals surface area contributed by atoms with Gasteiger partial charge in [0.25, 0.3) is 0 Å². The fourth-order valence-corrected chi connectivity index (χ4v) is 6.10. The van der Waals surface area contributed by atoms with E-state index >= 15 is 0 Å². The summed E-state index contributed by atoms with van der Waals surface area (Å²) in [6.07, 6.45) is 27.7. The molecule has 0 aromatic carbocycles. The molecule has 0 saturated heterocycles. The number of alkyl carbamates (subject to hydrolysis) is 2. The van der Waals surface area contributed by atoms with Gasteiger partial charge in [-0.3, -0.25) is 0 Å². The molecule has 0 saturated carbocycles. The number of nitrogens with one attached hydrogen (secondary N) is 2. The van der Waals surface area contributed by atoms with Crippen molar-refractivity contribution in [3.8, 4) is 0 Å². The molecular formula is C38H78N3O6+. The van der Waals surface area contributed by atoms with Crippen molar-refractivity contribution >= 4 is 12.2 Å². The van der Waals surface area contributed by atoms with Crippen molar-refractivity contribution < 1.29 is 33.8 Å². The van der Waals surface area contributed by atoms with E-state index in [1.54, 1.807) is 0 Å². The Balaban J connectivity index is 4.23. The standard InChI is InChI=1S/C38H77N3O6/c1-5-7-9-11-13-15-17-19-21-23-25-27-29-39-37(44)46-34-36(32-41(3,4)31-35(43)33-42)47-38(45)40-30-28-26-24-22-20-18-16-14-12-10-8-6-2/h35-36,42-43H,5-34H2,1-4H3,(H-,39,40,44,45)/p+1. The predicted octanol–water partition coefficient (Wildman–Crippen LogP) is 8.64. The number of quaternary nitrogens is 1. The molecular weight excluding hydrogens is 594 g/mol. The molecule has 2 unspecified atom stereocenters. The zero-order chi connectivity index (χ0) is 34.9. The van der Waals surface area contributed by atoms with Gasteiger partial charge >= 0.3 is 12.2 Å². The first-order valence-corrected chi connectivity index (χ1v) is 19.7.